The number of nitrogens with zero attached hydrogens (tertiary/aromatic N) is 4. The van der Waals surface area contributed by atoms with E-state index in [1.165, 1.54) is 11.3 Å². The van der Waals surface area contributed by atoms with Gasteiger partial charge in [-0.15, -0.1) is 10.2 Å². The van der Waals surface area contributed by atoms with Crippen LogP contribution in [0.4, 0.5) is 10.9 Å². The summed E-state index contributed by atoms with van der Waals surface area (Å²) in [5, 5.41) is 10.6. The molecule has 0 radical (unpaired) electrons. The van der Waals surface area contributed by atoms with E-state index in [4.69, 9.17) is 4.74 Å². The summed E-state index contributed by atoms with van der Waals surface area (Å²) in [6.45, 7) is 2.10. The van der Waals surface area contributed by atoms with Crippen LogP contribution in [0.15, 0.2) is 48.1 Å². The van der Waals surface area contributed by atoms with E-state index in [1.54, 1.807) is 24.9 Å². The maximum absolute atomic E-state index is 12.2. The molecule has 1 aromatic carbocycles. The number of methoxy groups -OCH3 is 1. The Morgan fingerprint density at radius 3 is 2.58 bits per heavy atom. The summed E-state index contributed by atoms with van der Waals surface area (Å²) in [7, 11) is 3.62. The van der Waals surface area contributed by atoms with Gasteiger partial charge in [-0.2, -0.15) is 0 Å². The number of amides is 1. The van der Waals surface area contributed by atoms with Crippen LogP contribution in [0.25, 0.3) is 0 Å². The molecular formula is C18H19N5O2S. The number of nitrogens with one attached hydrogen (secondary N) is 1. The lowest BCUT2D eigenvalue weighted by molar-refractivity contribution is 0.102. The average Bonchev–Trinajstić information content (AvgIpc) is 3.20. The smallest absolute Gasteiger partial charge is 0.259 e. The van der Waals surface area contributed by atoms with E-state index in [-0.39, 0.29) is 11.9 Å². The van der Waals surface area contributed by atoms with Crippen molar-refractivity contribution in [3.05, 3.63) is 59.2 Å². The van der Waals surface area contributed by atoms with Gasteiger partial charge in [-0.3, -0.25) is 10.1 Å². The SMILES string of the molecule is COc1ccc(C(C)N(C)c2ccc(C(=O)Nc3nncs3)cn2)cc1. The first-order chi connectivity index (χ1) is 12.6. The van der Waals surface area contributed by atoms with E-state index >= 15 is 0 Å². The summed E-state index contributed by atoms with van der Waals surface area (Å²) in [5.74, 6) is 1.35. The number of anilines is 2. The lowest BCUT2D eigenvalue weighted by Crippen LogP contribution is -2.23. The van der Waals surface area contributed by atoms with Crippen molar-refractivity contribution < 1.29 is 9.53 Å². The van der Waals surface area contributed by atoms with E-state index in [9.17, 15) is 4.79 Å². The number of hydrogen-bond acceptors (Lipinski definition) is 7. The Labute approximate surface area is 155 Å². The Morgan fingerprint density at radius 2 is 2.00 bits per heavy atom. The molecule has 0 saturated carbocycles. The van der Waals surface area contributed by atoms with Gasteiger partial charge >= 0.3 is 0 Å². The zero-order valence-corrected chi connectivity index (χ0v) is 15.5. The summed E-state index contributed by atoms with van der Waals surface area (Å²) in [6, 6.07) is 11.6. The third-order valence-electron chi connectivity index (χ3n) is 4.13. The van der Waals surface area contributed by atoms with Crippen LogP contribution in [-0.2, 0) is 0 Å². The number of hydrogen-bond donors (Lipinski definition) is 1. The summed E-state index contributed by atoms with van der Waals surface area (Å²) in [6.07, 6.45) is 1.56. The third kappa shape index (κ3) is 3.97. The fraction of sp³-hybridized carbons (Fsp3) is 0.222. The maximum atomic E-state index is 12.2. The quantitative estimate of drug-likeness (QED) is 0.717. The molecule has 2 heterocycles. The van der Waals surface area contributed by atoms with Gasteiger partial charge in [0.05, 0.1) is 18.7 Å². The number of pyridine rings is 1. The largest absolute Gasteiger partial charge is 0.497 e. The molecule has 1 unspecified atom stereocenters. The Balaban J connectivity index is 1.69. The molecule has 0 aliphatic carbocycles. The van der Waals surface area contributed by atoms with Crippen molar-refractivity contribution in [2.75, 3.05) is 24.4 Å². The van der Waals surface area contributed by atoms with Crippen LogP contribution in [0, 0.1) is 0 Å². The molecule has 0 aliphatic rings. The minimum absolute atomic E-state index is 0.120. The van der Waals surface area contributed by atoms with Crippen molar-refractivity contribution in [3.8, 4) is 5.75 Å². The highest BCUT2D eigenvalue weighted by Crippen LogP contribution is 2.25. The van der Waals surface area contributed by atoms with Gasteiger partial charge in [-0.1, -0.05) is 23.5 Å². The fourth-order valence-electron chi connectivity index (χ4n) is 2.43. The zero-order chi connectivity index (χ0) is 18.5. The molecule has 26 heavy (non-hydrogen) atoms. The second-order valence-corrected chi connectivity index (χ2v) is 6.50. The van der Waals surface area contributed by atoms with Crippen molar-refractivity contribution in [3.63, 3.8) is 0 Å². The van der Waals surface area contributed by atoms with Crippen molar-refractivity contribution >= 4 is 28.2 Å². The number of benzene rings is 1. The van der Waals surface area contributed by atoms with E-state index in [1.807, 2.05) is 42.3 Å². The lowest BCUT2D eigenvalue weighted by atomic mass is 10.1. The molecule has 0 aliphatic heterocycles. The van der Waals surface area contributed by atoms with Crippen LogP contribution in [-0.4, -0.2) is 35.2 Å². The predicted molar refractivity (Wildman–Crippen MR) is 102 cm³/mol. The predicted octanol–water partition coefficient (Wildman–Crippen LogP) is 3.39. The fourth-order valence-corrected chi connectivity index (χ4v) is 2.87. The lowest BCUT2D eigenvalue weighted by Gasteiger charge is -2.26. The number of carbonyl (C=O) groups excluding carboxylic acids is 1. The second-order valence-electron chi connectivity index (χ2n) is 5.66. The first-order valence-corrected chi connectivity index (χ1v) is 8.87. The van der Waals surface area contributed by atoms with Crippen LogP contribution in [0.5, 0.6) is 5.75 Å². The summed E-state index contributed by atoms with van der Waals surface area (Å²) in [5.41, 5.74) is 3.18. The van der Waals surface area contributed by atoms with Crippen molar-refractivity contribution in [2.45, 2.75) is 13.0 Å². The van der Waals surface area contributed by atoms with Crippen molar-refractivity contribution in [2.24, 2.45) is 0 Å². The van der Waals surface area contributed by atoms with Gasteiger partial charge in [-0.05, 0) is 36.8 Å². The van der Waals surface area contributed by atoms with Crippen molar-refractivity contribution in [1.29, 1.82) is 0 Å². The van der Waals surface area contributed by atoms with Crippen LogP contribution in [0.1, 0.15) is 28.9 Å². The first kappa shape index (κ1) is 17.8. The maximum Gasteiger partial charge on any atom is 0.259 e. The molecule has 1 amide bonds. The number of carbonyl (C=O) groups is 1. The minimum atomic E-state index is -0.258. The molecule has 7 nitrogen and oxygen atoms in total. The van der Waals surface area contributed by atoms with Gasteiger partial charge < -0.3 is 9.64 Å². The molecule has 2 aromatic heterocycles. The van der Waals surface area contributed by atoms with E-state index in [0.717, 1.165) is 17.1 Å². The van der Waals surface area contributed by atoms with E-state index < -0.39 is 0 Å². The van der Waals surface area contributed by atoms with Crippen molar-refractivity contribution in [1.82, 2.24) is 15.2 Å². The molecule has 8 heteroatoms. The first-order valence-electron chi connectivity index (χ1n) is 7.99. The molecule has 0 spiro atoms. The summed E-state index contributed by atoms with van der Waals surface area (Å²) < 4.78 is 5.20. The normalized spacial score (nSPS) is 11.7. The summed E-state index contributed by atoms with van der Waals surface area (Å²) >= 11 is 1.27. The van der Waals surface area contributed by atoms with Gasteiger partial charge in [-0.25, -0.2) is 4.98 Å². The number of aromatic nitrogens is 3. The van der Waals surface area contributed by atoms with E-state index in [2.05, 4.69) is 27.4 Å². The van der Waals surface area contributed by atoms with E-state index in [0.29, 0.717) is 10.7 Å². The monoisotopic (exact) mass is 369 g/mol. The van der Waals surface area contributed by atoms with Gasteiger partial charge in [0.2, 0.25) is 5.13 Å². The Morgan fingerprint density at radius 1 is 1.23 bits per heavy atom. The molecule has 1 N–H and O–H groups in total. The van der Waals surface area contributed by atoms with Gasteiger partial charge in [0, 0.05) is 13.2 Å². The van der Waals surface area contributed by atoms with Crippen LogP contribution in [0.2, 0.25) is 0 Å². The molecule has 0 saturated heterocycles. The average molecular weight is 369 g/mol. The van der Waals surface area contributed by atoms with Crippen LogP contribution < -0.4 is 15.0 Å². The minimum Gasteiger partial charge on any atom is -0.497 e. The Kier molecular flexibility index (Phi) is 5.43. The Bertz CT molecular complexity index is 850. The zero-order valence-electron chi connectivity index (χ0n) is 14.7. The second kappa shape index (κ2) is 7.92. The molecule has 134 valence electrons. The Hall–Kier alpha value is -3.00. The number of ether oxygens (including phenoxy) is 1. The standard InChI is InChI=1S/C18H19N5O2S/c1-12(13-4-7-15(25-3)8-5-13)23(2)16-9-6-14(10-19-16)17(24)21-18-22-20-11-26-18/h4-12H,1-3H3,(H,21,22,24). The summed E-state index contributed by atoms with van der Waals surface area (Å²) in [4.78, 5) is 18.6. The van der Waals surface area contributed by atoms with Gasteiger partial charge in [0.15, 0.2) is 0 Å². The van der Waals surface area contributed by atoms with Crippen LogP contribution in [0.3, 0.4) is 0 Å². The van der Waals surface area contributed by atoms with Gasteiger partial charge in [0.25, 0.3) is 5.91 Å². The molecular weight excluding hydrogens is 350 g/mol. The highest BCUT2D eigenvalue weighted by atomic mass is 32.1. The molecule has 0 fully saturated rings. The molecule has 3 rings (SSSR count). The van der Waals surface area contributed by atoms with Crippen LogP contribution >= 0.6 is 11.3 Å². The van der Waals surface area contributed by atoms with Gasteiger partial charge in [0.1, 0.15) is 17.1 Å². The molecule has 3 aromatic rings. The third-order valence-corrected chi connectivity index (χ3v) is 4.74. The molecule has 1 atom stereocenters. The topological polar surface area (TPSA) is 80.2 Å². The highest BCUT2D eigenvalue weighted by Gasteiger charge is 2.15. The highest BCUT2D eigenvalue weighted by molar-refractivity contribution is 7.13. The molecule has 0 bridgehead atoms. The number of rotatable bonds is 6.